The molecule has 6 heteroatoms. The molecule has 0 fully saturated rings. The van der Waals surface area contributed by atoms with Gasteiger partial charge >= 0.3 is 6.16 Å². The van der Waals surface area contributed by atoms with Crippen molar-refractivity contribution in [1.82, 2.24) is 0 Å². The normalized spacial score (nSPS) is 17.1. The number of benzene rings is 2. The Morgan fingerprint density at radius 2 is 1.85 bits per heavy atom. The van der Waals surface area contributed by atoms with Gasteiger partial charge in [0.2, 0.25) is 0 Å². The van der Waals surface area contributed by atoms with Gasteiger partial charge in [-0.2, -0.15) is 0 Å². The van der Waals surface area contributed by atoms with Crippen molar-refractivity contribution in [2.75, 3.05) is 13.2 Å². The molecule has 3 rings (SSSR count). The first-order valence-corrected chi connectivity index (χ1v) is 12.2. The lowest BCUT2D eigenvalue weighted by molar-refractivity contribution is -0.140. The first kappa shape index (κ1) is 25.7. The Labute approximate surface area is 203 Å². The highest BCUT2D eigenvalue weighted by molar-refractivity contribution is 5.58. The van der Waals surface area contributed by atoms with Gasteiger partial charge in [0.1, 0.15) is 17.2 Å². The quantitative estimate of drug-likeness (QED) is 0.287. The number of carbonyl (C=O) groups is 1. The van der Waals surface area contributed by atoms with Gasteiger partial charge in [-0.15, -0.1) is 0 Å². The third kappa shape index (κ3) is 7.05. The Balaban J connectivity index is 1.50. The Morgan fingerprint density at radius 3 is 2.53 bits per heavy atom. The second kappa shape index (κ2) is 11.0. The molecule has 1 aliphatic heterocycles. The monoisotopic (exact) mass is 470 g/mol. The van der Waals surface area contributed by atoms with Crippen LogP contribution in [0.4, 0.5) is 4.79 Å². The highest BCUT2D eigenvalue weighted by Crippen LogP contribution is 2.39. The summed E-state index contributed by atoms with van der Waals surface area (Å²) in [5, 5.41) is 9.02. The zero-order valence-electron chi connectivity index (χ0n) is 21.1. The molecule has 1 aliphatic rings. The van der Waals surface area contributed by atoms with Crippen LogP contribution in [-0.2, 0) is 24.0 Å². The zero-order valence-corrected chi connectivity index (χ0v) is 21.1. The topological polar surface area (TPSA) is 74.2 Å². The van der Waals surface area contributed by atoms with Crippen molar-refractivity contribution in [3.05, 3.63) is 53.1 Å². The van der Waals surface area contributed by atoms with Gasteiger partial charge in [-0.25, -0.2) is 4.79 Å². The lowest BCUT2D eigenvalue weighted by Gasteiger charge is -2.25. The van der Waals surface area contributed by atoms with E-state index in [9.17, 15) is 4.79 Å². The van der Waals surface area contributed by atoms with E-state index in [0.29, 0.717) is 31.8 Å². The largest absolute Gasteiger partial charge is 0.509 e. The summed E-state index contributed by atoms with van der Waals surface area (Å²) in [5.74, 6) is 1.17. The van der Waals surface area contributed by atoms with Gasteiger partial charge in [0.25, 0.3) is 5.79 Å². The molecule has 0 radical (unpaired) electrons. The Bertz CT molecular complexity index is 977. The number of ether oxygens (including phenoxy) is 4. The van der Waals surface area contributed by atoms with Crippen LogP contribution >= 0.6 is 0 Å². The fourth-order valence-electron chi connectivity index (χ4n) is 4.29. The van der Waals surface area contributed by atoms with Crippen molar-refractivity contribution < 1.29 is 28.8 Å². The first-order chi connectivity index (χ1) is 16.1. The lowest BCUT2D eigenvalue weighted by atomic mass is 9.87. The predicted molar refractivity (Wildman–Crippen MR) is 132 cm³/mol. The van der Waals surface area contributed by atoms with E-state index in [1.807, 2.05) is 19.1 Å². The molecule has 1 heterocycles. The molecule has 0 aliphatic carbocycles. The molecule has 6 nitrogen and oxygen atoms in total. The molecular weight excluding hydrogens is 432 g/mol. The number of hydrogen-bond donors (Lipinski definition) is 1. The van der Waals surface area contributed by atoms with Crippen LogP contribution in [0.1, 0.15) is 70.6 Å². The van der Waals surface area contributed by atoms with Crippen LogP contribution in [0.5, 0.6) is 17.2 Å². The van der Waals surface area contributed by atoms with Crippen LogP contribution in [-0.4, -0.2) is 30.3 Å². The van der Waals surface area contributed by atoms with Gasteiger partial charge in [0.15, 0.2) is 0 Å². The predicted octanol–water partition coefficient (Wildman–Crippen LogP) is 6.81. The standard InChI is InChI=1S/C28H38O6/c1-6-9-21-16-20(18-27(3,4)5)10-12-24(21)32-15-8-14-31-23-11-13-25-22(17-23)19-28(7-2,33-25)34-26(29)30/h10-13,16-17H,6-9,14-15,18-19H2,1-5H3,(H,29,30). The van der Waals surface area contributed by atoms with Gasteiger partial charge in [0.05, 0.1) is 19.6 Å². The van der Waals surface area contributed by atoms with Gasteiger partial charge in [-0.05, 0) is 53.6 Å². The third-order valence-electron chi connectivity index (χ3n) is 5.79. The fraction of sp³-hybridized carbons (Fsp3) is 0.536. The minimum Gasteiger partial charge on any atom is -0.493 e. The Morgan fingerprint density at radius 1 is 1.09 bits per heavy atom. The molecule has 1 atom stereocenters. The molecular formula is C28H38O6. The molecule has 0 bridgehead atoms. The number of aryl methyl sites for hydroxylation is 1. The van der Waals surface area contributed by atoms with Gasteiger partial charge < -0.3 is 24.1 Å². The van der Waals surface area contributed by atoms with E-state index in [1.54, 1.807) is 6.07 Å². The molecule has 186 valence electrons. The van der Waals surface area contributed by atoms with Crippen molar-refractivity contribution in [1.29, 1.82) is 0 Å². The summed E-state index contributed by atoms with van der Waals surface area (Å²) in [6, 6.07) is 12.1. The van der Waals surface area contributed by atoms with E-state index >= 15 is 0 Å². The average Bonchev–Trinajstić information content (AvgIpc) is 3.11. The summed E-state index contributed by atoms with van der Waals surface area (Å²) in [5.41, 5.74) is 3.77. The average molecular weight is 471 g/mol. The van der Waals surface area contributed by atoms with Crippen molar-refractivity contribution in [2.24, 2.45) is 5.41 Å². The Kier molecular flexibility index (Phi) is 8.34. The van der Waals surface area contributed by atoms with E-state index in [4.69, 9.17) is 24.1 Å². The van der Waals surface area contributed by atoms with E-state index in [1.165, 1.54) is 11.1 Å². The van der Waals surface area contributed by atoms with Crippen LogP contribution in [0.15, 0.2) is 36.4 Å². The van der Waals surface area contributed by atoms with Crippen LogP contribution in [0, 0.1) is 5.41 Å². The van der Waals surface area contributed by atoms with Gasteiger partial charge in [0, 0.05) is 18.4 Å². The van der Waals surface area contributed by atoms with Crippen molar-refractivity contribution in [3.8, 4) is 17.2 Å². The van der Waals surface area contributed by atoms with Crippen LogP contribution in [0.3, 0.4) is 0 Å². The van der Waals surface area contributed by atoms with Crippen molar-refractivity contribution >= 4 is 6.16 Å². The van der Waals surface area contributed by atoms with E-state index < -0.39 is 11.9 Å². The minimum atomic E-state index is -1.34. The summed E-state index contributed by atoms with van der Waals surface area (Å²) in [4.78, 5) is 11.0. The lowest BCUT2D eigenvalue weighted by Crippen LogP contribution is -2.38. The second-order valence-electron chi connectivity index (χ2n) is 10.2. The molecule has 0 amide bonds. The van der Waals surface area contributed by atoms with Crippen molar-refractivity contribution in [3.63, 3.8) is 0 Å². The van der Waals surface area contributed by atoms with Crippen molar-refractivity contribution in [2.45, 2.75) is 78.9 Å². The van der Waals surface area contributed by atoms with Crippen LogP contribution in [0.25, 0.3) is 0 Å². The van der Waals surface area contributed by atoms with Gasteiger partial charge in [-0.3, -0.25) is 0 Å². The summed E-state index contributed by atoms with van der Waals surface area (Å²) >= 11 is 0. The van der Waals surface area contributed by atoms with Crippen LogP contribution < -0.4 is 14.2 Å². The number of hydrogen-bond acceptors (Lipinski definition) is 5. The summed E-state index contributed by atoms with van der Waals surface area (Å²) in [6.07, 6.45) is 3.35. The van der Waals surface area contributed by atoms with E-state index in [0.717, 1.165) is 42.7 Å². The third-order valence-corrected chi connectivity index (χ3v) is 5.79. The smallest absolute Gasteiger partial charge is 0.493 e. The summed E-state index contributed by atoms with van der Waals surface area (Å²) in [6.45, 7) is 11.9. The highest BCUT2D eigenvalue weighted by Gasteiger charge is 2.42. The highest BCUT2D eigenvalue weighted by atomic mass is 16.8. The van der Waals surface area contributed by atoms with E-state index in [2.05, 4.69) is 45.9 Å². The number of carboxylic acid groups (broad SMARTS) is 1. The fourth-order valence-corrected chi connectivity index (χ4v) is 4.29. The molecule has 34 heavy (non-hydrogen) atoms. The molecule has 2 aromatic rings. The zero-order chi connectivity index (χ0) is 24.8. The molecule has 0 spiro atoms. The summed E-state index contributed by atoms with van der Waals surface area (Å²) < 4.78 is 22.8. The minimum absolute atomic E-state index is 0.258. The molecule has 2 aromatic carbocycles. The van der Waals surface area contributed by atoms with E-state index in [-0.39, 0.29) is 5.41 Å². The maximum absolute atomic E-state index is 11.0. The van der Waals surface area contributed by atoms with Gasteiger partial charge in [-0.1, -0.05) is 53.2 Å². The first-order valence-electron chi connectivity index (χ1n) is 12.2. The Hall–Kier alpha value is -2.89. The SMILES string of the molecule is CCCc1cc(CC(C)(C)C)ccc1OCCCOc1ccc2c(c1)CC(CC)(OC(=O)O)O2. The number of rotatable bonds is 11. The van der Waals surface area contributed by atoms with Crippen LogP contribution in [0.2, 0.25) is 0 Å². The maximum Gasteiger partial charge on any atom is 0.509 e. The molecule has 1 unspecified atom stereocenters. The second-order valence-corrected chi connectivity index (χ2v) is 10.2. The molecule has 0 aromatic heterocycles. The molecule has 0 saturated carbocycles. The summed E-state index contributed by atoms with van der Waals surface area (Å²) in [7, 11) is 0. The maximum atomic E-state index is 11.0. The molecule has 0 saturated heterocycles. The number of fused-ring (bicyclic) bond motifs is 1. The molecule has 1 N–H and O–H groups in total.